The van der Waals surface area contributed by atoms with Crippen LogP contribution in [0.15, 0.2) is 53.1 Å². The molecule has 0 radical (unpaired) electrons. The third-order valence-corrected chi connectivity index (χ3v) is 3.71. The first-order valence-electron chi connectivity index (χ1n) is 7.58. The van der Waals surface area contributed by atoms with Crippen molar-refractivity contribution in [2.24, 2.45) is 0 Å². The fourth-order valence-corrected chi connectivity index (χ4v) is 2.40. The van der Waals surface area contributed by atoms with Gasteiger partial charge in [0, 0.05) is 24.5 Å². The number of para-hydroxylation sites is 1. The summed E-state index contributed by atoms with van der Waals surface area (Å²) in [5, 5.41) is 10.2. The number of hydrogen-bond donors (Lipinski definition) is 2. The van der Waals surface area contributed by atoms with E-state index in [1.165, 1.54) is 0 Å². The SMILES string of the molecule is CNC(=O)c1ccc(CNC(=O)Cc2noc3ccccc23)cc1. The van der Waals surface area contributed by atoms with E-state index in [1.807, 2.05) is 36.4 Å². The molecule has 1 heterocycles. The Labute approximate surface area is 138 Å². The van der Waals surface area contributed by atoms with Gasteiger partial charge in [0.05, 0.1) is 6.42 Å². The maximum Gasteiger partial charge on any atom is 0.251 e. The van der Waals surface area contributed by atoms with Gasteiger partial charge in [0.25, 0.3) is 5.91 Å². The van der Waals surface area contributed by atoms with Gasteiger partial charge in [-0.3, -0.25) is 9.59 Å². The Hall–Kier alpha value is -3.15. The number of carbonyl (C=O) groups excluding carboxylic acids is 2. The van der Waals surface area contributed by atoms with Gasteiger partial charge in [-0.15, -0.1) is 0 Å². The molecule has 0 fully saturated rings. The van der Waals surface area contributed by atoms with Crippen LogP contribution >= 0.6 is 0 Å². The van der Waals surface area contributed by atoms with Crippen molar-refractivity contribution in [2.75, 3.05) is 7.05 Å². The van der Waals surface area contributed by atoms with E-state index >= 15 is 0 Å². The lowest BCUT2D eigenvalue weighted by Crippen LogP contribution is -2.24. The molecule has 0 saturated carbocycles. The molecule has 0 spiro atoms. The summed E-state index contributed by atoms with van der Waals surface area (Å²) in [4.78, 5) is 23.6. The number of hydrogen-bond acceptors (Lipinski definition) is 4. The predicted octanol–water partition coefficient (Wildman–Crippen LogP) is 2.05. The minimum Gasteiger partial charge on any atom is -0.356 e. The molecule has 0 bridgehead atoms. The van der Waals surface area contributed by atoms with E-state index in [-0.39, 0.29) is 18.2 Å². The number of rotatable bonds is 5. The van der Waals surface area contributed by atoms with E-state index in [0.717, 1.165) is 10.9 Å². The fraction of sp³-hybridized carbons (Fsp3) is 0.167. The van der Waals surface area contributed by atoms with Crippen LogP contribution in [-0.4, -0.2) is 24.0 Å². The predicted molar refractivity (Wildman–Crippen MR) is 89.4 cm³/mol. The average Bonchev–Trinajstić information content (AvgIpc) is 3.03. The number of carbonyl (C=O) groups is 2. The van der Waals surface area contributed by atoms with Gasteiger partial charge in [0.1, 0.15) is 5.69 Å². The van der Waals surface area contributed by atoms with Crippen molar-refractivity contribution in [3.8, 4) is 0 Å². The van der Waals surface area contributed by atoms with Crippen LogP contribution in [0.25, 0.3) is 11.0 Å². The van der Waals surface area contributed by atoms with Crippen molar-refractivity contribution in [2.45, 2.75) is 13.0 Å². The Morgan fingerprint density at radius 2 is 1.83 bits per heavy atom. The number of benzene rings is 2. The van der Waals surface area contributed by atoms with Crippen LogP contribution in [0.5, 0.6) is 0 Å². The lowest BCUT2D eigenvalue weighted by Gasteiger charge is -2.05. The topological polar surface area (TPSA) is 84.2 Å². The van der Waals surface area contributed by atoms with Crippen LogP contribution in [0.3, 0.4) is 0 Å². The Morgan fingerprint density at radius 1 is 1.08 bits per heavy atom. The van der Waals surface area contributed by atoms with Crippen molar-refractivity contribution in [1.82, 2.24) is 15.8 Å². The molecule has 6 heteroatoms. The number of nitrogens with one attached hydrogen (secondary N) is 2. The number of nitrogens with zero attached hydrogens (tertiary/aromatic N) is 1. The fourth-order valence-electron chi connectivity index (χ4n) is 2.40. The molecule has 0 aliphatic carbocycles. The van der Waals surface area contributed by atoms with Gasteiger partial charge in [0.15, 0.2) is 5.58 Å². The van der Waals surface area contributed by atoms with E-state index in [2.05, 4.69) is 15.8 Å². The third kappa shape index (κ3) is 3.43. The largest absolute Gasteiger partial charge is 0.356 e. The van der Waals surface area contributed by atoms with Crippen LogP contribution in [0.4, 0.5) is 0 Å². The van der Waals surface area contributed by atoms with Gasteiger partial charge in [-0.25, -0.2) is 0 Å². The summed E-state index contributed by atoms with van der Waals surface area (Å²) in [5.41, 5.74) is 2.80. The zero-order valence-electron chi connectivity index (χ0n) is 13.2. The summed E-state index contributed by atoms with van der Waals surface area (Å²) >= 11 is 0. The summed E-state index contributed by atoms with van der Waals surface area (Å²) < 4.78 is 5.19. The Balaban J connectivity index is 1.58. The molecule has 0 atom stereocenters. The number of aromatic nitrogens is 1. The minimum atomic E-state index is -0.136. The van der Waals surface area contributed by atoms with Crippen LogP contribution < -0.4 is 10.6 Å². The van der Waals surface area contributed by atoms with Crippen molar-refractivity contribution < 1.29 is 14.1 Å². The van der Waals surface area contributed by atoms with Crippen LogP contribution in [-0.2, 0) is 17.8 Å². The molecule has 0 aliphatic heterocycles. The first-order valence-corrected chi connectivity index (χ1v) is 7.58. The van der Waals surface area contributed by atoms with E-state index in [1.54, 1.807) is 19.2 Å². The minimum absolute atomic E-state index is 0.135. The van der Waals surface area contributed by atoms with Gasteiger partial charge < -0.3 is 15.2 Å². The summed E-state index contributed by atoms with van der Waals surface area (Å²) in [7, 11) is 1.59. The summed E-state index contributed by atoms with van der Waals surface area (Å²) in [6, 6.07) is 14.5. The van der Waals surface area contributed by atoms with Gasteiger partial charge in [-0.05, 0) is 29.8 Å². The van der Waals surface area contributed by atoms with Gasteiger partial charge in [0.2, 0.25) is 5.91 Å². The maximum atomic E-state index is 12.1. The van der Waals surface area contributed by atoms with Gasteiger partial charge >= 0.3 is 0 Å². The number of fused-ring (bicyclic) bond motifs is 1. The first kappa shape index (κ1) is 15.7. The highest BCUT2D eigenvalue weighted by atomic mass is 16.5. The van der Waals surface area contributed by atoms with Crippen molar-refractivity contribution in [3.63, 3.8) is 0 Å². The lowest BCUT2D eigenvalue weighted by atomic mass is 10.1. The van der Waals surface area contributed by atoms with Crippen LogP contribution in [0.2, 0.25) is 0 Å². The van der Waals surface area contributed by atoms with E-state index in [4.69, 9.17) is 4.52 Å². The molecule has 1 aromatic heterocycles. The molecule has 0 aliphatic rings. The Kier molecular flexibility index (Phi) is 4.56. The first-order chi connectivity index (χ1) is 11.7. The van der Waals surface area contributed by atoms with Crippen molar-refractivity contribution in [3.05, 3.63) is 65.4 Å². The quantitative estimate of drug-likeness (QED) is 0.752. The molecule has 2 aromatic carbocycles. The monoisotopic (exact) mass is 323 g/mol. The second-order valence-electron chi connectivity index (χ2n) is 5.35. The van der Waals surface area contributed by atoms with Crippen molar-refractivity contribution in [1.29, 1.82) is 0 Å². The molecule has 0 saturated heterocycles. The smallest absolute Gasteiger partial charge is 0.251 e. The van der Waals surface area contributed by atoms with E-state index in [9.17, 15) is 9.59 Å². The van der Waals surface area contributed by atoms with Crippen LogP contribution in [0.1, 0.15) is 21.6 Å². The highest BCUT2D eigenvalue weighted by Gasteiger charge is 2.11. The molecule has 2 N–H and O–H groups in total. The standard InChI is InChI=1S/C18H17N3O3/c1-19-18(23)13-8-6-12(7-9-13)11-20-17(22)10-15-14-4-2-3-5-16(14)24-21-15/h2-9H,10-11H2,1H3,(H,19,23)(H,20,22). The average molecular weight is 323 g/mol. The van der Waals surface area contributed by atoms with E-state index < -0.39 is 0 Å². The molecule has 6 nitrogen and oxygen atoms in total. The molecule has 3 aromatic rings. The van der Waals surface area contributed by atoms with Crippen LogP contribution in [0, 0.1) is 0 Å². The molecule has 2 amide bonds. The highest BCUT2D eigenvalue weighted by Crippen LogP contribution is 2.18. The molecule has 24 heavy (non-hydrogen) atoms. The number of amides is 2. The summed E-state index contributed by atoms with van der Waals surface area (Å²) in [6.45, 7) is 0.392. The van der Waals surface area contributed by atoms with Gasteiger partial charge in [-0.2, -0.15) is 0 Å². The molecular formula is C18H17N3O3. The highest BCUT2D eigenvalue weighted by molar-refractivity contribution is 5.94. The second kappa shape index (κ2) is 6.95. The molecule has 3 rings (SSSR count). The lowest BCUT2D eigenvalue weighted by molar-refractivity contribution is -0.120. The summed E-state index contributed by atoms with van der Waals surface area (Å²) in [5.74, 6) is -0.270. The zero-order chi connectivity index (χ0) is 16.9. The van der Waals surface area contributed by atoms with E-state index in [0.29, 0.717) is 23.4 Å². The third-order valence-electron chi connectivity index (χ3n) is 3.71. The van der Waals surface area contributed by atoms with Gasteiger partial charge in [-0.1, -0.05) is 29.4 Å². The molecule has 0 unspecified atom stereocenters. The molecule has 122 valence electrons. The normalized spacial score (nSPS) is 10.5. The zero-order valence-corrected chi connectivity index (χ0v) is 13.2. The summed E-state index contributed by atoms with van der Waals surface area (Å²) in [6.07, 6.45) is 0.160. The van der Waals surface area contributed by atoms with Crippen molar-refractivity contribution >= 4 is 22.8 Å². The second-order valence-corrected chi connectivity index (χ2v) is 5.35. The molecular weight excluding hydrogens is 306 g/mol. The Bertz CT molecular complexity index is 869. The Morgan fingerprint density at radius 3 is 2.58 bits per heavy atom. The maximum absolute atomic E-state index is 12.1.